The number of amides is 1. The van der Waals surface area contributed by atoms with Crippen LogP contribution in [-0.2, 0) is 6.54 Å². The number of hydrogen-bond acceptors (Lipinski definition) is 3. The Hall–Kier alpha value is -1.20. The summed E-state index contributed by atoms with van der Waals surface area (Å²) in [5.74, 6) is 0.00951. The molecule has 1 amide bonds. The van der Waals surface area contributed by atoms with Crippen LogP contribution in [-0.4, -0.2) is 22.8 Å². The van der Waals surface area contributed by atoms with Crippen LogP contribution >= 0.6 is 27.3 Å². The predicted molar refractivity (Wildman–Crippen MR) is 76.8 cm³/mol. The molecule has 0 saturated carbocycles. The largest absolute Gasteiger partial charge is 0.336 e. The second kappa shape index (κ2) is 5.63. The van der Waals surface area contributed by atoms with E-state index in [0.29, 0.717) is 12.1 Å². The van der Waals surface area contributed by atoms with Gasteiger partial charge in [0.05, 0.1) is 23.3 Å². The van der Waals surface area contributed by atoms with E-state index in [1.54, 1.807) is 28.8 Å². The van der Waals surface area contributed by atoms with Crippen LogP contribution in [0.5, 0.6) is 0 Å². The van der Waals surface area contributed by atoms with Gasteiger partial charge in [-0.25, -0.2) is 4.98 Å². The van der Waals surface area contributed by atoms with Crippen molar-refractivity contribution in [3.05, 3.63) is 50.4 Å². The van der Waals surface area contributed by atoms with Gasteiger partial charge >= 0.3 is 0 Å². The first-order valence-corrected chi connectivity index (χ1v) is 7.16. The Morgan fingerprint density at radius 3 is 2.78 bits per heavy atom. The number of halogens is 1. The van der Waals surface area contributed by atoms with Crippen LogP contribution < -0.4 is 0 Å². The SMILES string of the molecule is Cc1ncsc1CN(C)C(=O)c1ccccc1Br. The average molecular weight is 325 g/mol. The summed E-state index contributed by atoms with van der Waals surface area (Å²) in [6.45, 7) is 2.55. The lowest BCUT2D eigenvalue weighted by molar-refractivity contribution is 0.0785. The molecule has 18 heavy (non-hydrogen) atoms. The van der Waals surface area contributed by atoms with E-state index in [4.69, 9.17) is 0 Å². The summed E-state index contributed by atoms with van der Waals surface area (Å²) in [6.07, 6.45) is 0. The van der Waals surface area contributed by atoms with Crippen molar-refractivity contribution < 1.29 is 4.79 Å². The maximum Gasteiger partial charge on any atom is 0.255 e. The van der Waals surface area contributed by atoms with Gasteiger partial charge in [0.25, 0.3) is 5.91 Å². The van der Waals surface area contributed by atoms with E-state index < -0.39 is 0 Å². The van der Waals surface area contributed by atoms with Crippen molar-refractivity contribution in [3.63, 3.8) is 0 Å². The number of rotatable bonds is 3. The van der Waals surface area contributed by atoms with Gasteiger partial charge in [-0.2, -0.15) is 0 Å². The smallest absolute Gasteiger partial charge is 0.255 e. The van der Waals surface area contributed by atoms with E-state index >= 15 is 0 Å². The first kappa shape index (κ1) is 13.2. The molecule has 1 aromatic carbocycles. The monoisotopic (exact) mass is 324 g/mol. The lowest BCUT2D eigenvalue weighted by Crippen LogP contribution is -2.26. The quantitative estimate of drug-likeness (QED) is 0.865. The minimum atomic E-state index is 0.00951. The van der Waals surface area contributed by atoms with Crippen molar-refractivity contribution in [1.29, 1.82) is 0 Å². The second-order valence-corrected chi connectivity index (χ2v) is 5.80. The summed E-state index contributed by atoms with van der Waals surface area (Å²) in [7, 11) is 1.81. The van der Waals surface area contributed by atoms with Crippen molar-refractivity contribution >= 4 is 33.2 Å². The van der Waals surface area contributed by atoms with Gasteiger partial charge in [-0.3, -0.25) is 4.79 Å². The summed E-state index contributed by atoms with van der Waals surface area (Å²) < 4.78 is 0.822. The minimum absolute atomic E-state index is 0.00951. The van der Waals surface area contributed by atoms with E-state index in [2.05, 4.69) is 20.9 Å². The predicted octanol–water partition coefficient (Wildman–Crippen LogP) is 3.49. The van der Waals surface area contributed by atoms with E-state index in [-0.39, 0.29) is 5.91 Å². The van der Waals surface area contributed by atoms with Gasteiger partial charge in [-0.05, 0) is 35.0 Å². The Labute approximate surface area is 119 Å². The molecule has 0 aliphatic carbocycles. The molecular weight excluding hydrogens is 312 g/mol. The fourth-order valence-electron chi connectivity index (χ4n) is 1.61. The molecule has 5 heteroatoms. The molecule has 0 spiro atoms. The third-order valence-corrected chi connectivity index (χ3v) is 4.29. The molecule has 0 atom stereocenters. The zero-order valence-electron chi connectivity index (χ0n) is 10.2. The second-order valence-electron chi connectivity index (χ2n) is 4.00. The standard InChI is InChI=1S/C13H13BrN2OS/c1-9-12(18-8-15-9)7-16(2)13(17)10-5-3-4-6-11(10)14/h3-6,8H,7H2,1-2H3. The minimum Gasteiger partial charge on any atom is -0.336 e. The number of thiazole rings is 1. The topological polar surface area (TPSA) is 33.2 Å². The highest BCUT2D eigenvalue weighted by molar-refractivity contribution is 9.10. The van der Waals surface area contributed by atoms with Crippen LogP contribution in [0.2, 0.25) is 0 Å². The molecule has 0 saturated heterocycles. The maximum absolute atomic E-state index is 12.3. The molecule has 2 rings (SSSR count). The van der Waals surface area contributed by atoms with E-state index in [1.807, 2.05) is 31.2 Å². The number of hydrogen-bond donors (Lipinski definition) is 0. The molecule has 0 bridgehead atoms. The van der Waals surface area contributed by atoms with E-state index in [0.717, 1.165) is 15.0 Å². The molecule has 0 aliphatic heterocycles. The fourth-order valence-corrected chi connectivity index (χ4v) is 2.89. The molecule has 0 N–H and O–H groups in total. The number of benzene rings is 1. The molecule has 3 nitrogen and oxygen atoms in total. The third-order valence-electron chi connectivity index (χ3n) is 2.68. The average Bonchev–Trinajstić information content (AvgIpc) is 2.75. The molecule has 1 aromatic heterocycles. The first-order valence-electron chi connectivity index (χ1n) is 5.48. The maximum atomic E-state index is 12.3. The van der Waals surface area contributed by atoms with Crippen molar-refractivity contribution in [2.45, 2.75) is 13.5 Å². The van der Waals surface area contributed by atoms with Gasteiger partial charge in [0, 0.05) is 16.4 Å². The van der Waals surface area contributed by atoms with Crippen molar-refractivity contribution in [3.8, 4) is 0 Å². The van der Waals surface area contributed by atoms with Gasteiger partial charge < -0.3 is 4.90 Å². The highest BCUT2D eigenvalue weighted by atomic mass is 79.9. The molecular formula is C13H13BrN2OS. The highest BCUT2D eigenvalue weighted by Gasteiger charge is 2.15. The molecule has 0 unspecified atom stereocenters. The molecule has 1 heterocycles. The van der Waals surface area contributed by atoms with E-state index in [1.165, 1.54) is 0 Å². The van der Waals surface area contributed by atoms with Gasteiger partial charge in [-0.15, -0.1) is 11.3 Å². The Morgan fingerprint density at radius 2 is 2.17 bits per heavy atom. The summed E-state index contributed by atoms with van der Waals surface area (Å²) in [6, 6.07) is 7.46. The molecule has 0 aliphatic rings. The number of carbonyl (C=O) groups excluding carboxylic acids is 1. The molecule has 0 fully saturated rings. The summed E-state index contributed by atoms with van der Waals surface area (Å²) in [5.41, 5.74) is 3.48. The van der Waals surface area contributed by atoms with Gasteiger partial charge in [0.1, 0.15) is 0 Å². The number of aryl methyl sites for hydroxylation is 1. The zero-order chi connectivity index (χ0) is 13.1. The fraction of sp³-hybridized carbons (Fsp3) is 0.231. The Morgan fingerprint density at radius 1 is 1.44 bits per heavy atom. The molecule has 94 valence electrons. The van der Waals surface area contributed by atoms with Gasteiger partial charge in [0.2, 0.25) is 0 Å². The lowest BCUT2D eigenvalue weighted by atomic mass is 10.2. The van der Waals surface area contributed by atoms with Crippen LogP contribution in [0, 0.1) is 6.92 Å². The van der Waals surface area contributed by atoms with E-state index in [9.17, 15) is 4.79 Å². The van der Waals surface area contributed by atoms with Crippen LogP contribution in [0.1, 0.15) is 20.9 Å². The Kier molecular flexibility index (Phi) is 4.14. The molecule has 2 aromatic rings. The first-order chi connectivity index (χ1) is 8.59. The summed E-state index contributed by atoms with van der Waals surface area (Å²) in [5, 5.41) is 0. The number of aromatic nitrogens is 1. The van der Waals surface area contributed by atoms with Crippen LogP contribution in [0.25, 0.3) is 0 Å². The number of nitrogens with zero attached hydrogens (tertiary/aromatic N) is 2. The van der Waals surface area contributed by atoms with Crippen LogP contribution in [0.4, 0.5) is 0 Å². The van der Waals surface area contributed by atoms with Gasteiger partial charge in [0.15, 0.2) is 0 Å². The third kappa shape index (κ3) is 2.79. The highest BCUT2D eigenvalue weighted by Crippen LogP contribution is 2.20. The molecule has 0 radical (unpaired) electrons. The van der Waals surface area contributed by atoms with Crippen molar-refractivity contribution in [2.24, 2.45) is 0 Å². The lowest BCUT2D eigenvalue weighted by Gasteiger charge is -2.17. The summed E-state index contributed by atoms with van der Waals surface area (Å²) in [4.78, 5) is 19.3. The van der Waals surface area contributed by atoms with Crippen molar-refractivity contribution in [1.82, 2.24) is 9.88 Å². The van der Waals surface area contributed by atoms with Crippen LogP contribution in [0.3, 0.4) is 0 Å². The zero-order valence-corrected chi connectivity index (χ0v) is 12.6. The van der Waals surface area contributed by atoms with Crippen molar-refractivity contribution in [2.75, 3.05) is 7.05 Å². The number of carbonyl (C=O) groups is 1. The van der Waals surface area contributed by atoms with Gasteiger partial charge in [-0.1, -0.05) is 12.1 Å². The Bertz CT molecular complexity index is 568. The Balaban J connectivity index is 2.15. The van der Waals surface area contributed by atoms with Crippen LogP contribution in [0.15, 0.2) is 34.2 Å². The normalized spacial score (nSPS) is 10.4. The summed E-state index contributed by atoms with van der Waals surface area (Å²) >= 11 is 4.98.